The van der Waals surface area contributed by atoms with E-state index in [1.807, 2.05) is 0 Å². The first-order chi connectivity index (χ1) is 8.62. The number of hydrogen-bond acceptors (Lipinski definition) is 4. The molecular formula is C13H12O5. The fourth-order valence-corrected chi connectivity index (χ4v) is 1.32. The van der Waals surface area contributed by atoms with Gasteiger partial charge in [0.1, 0.15) is 6.42 Å². The molecule has 5 nitrogen and oxygen atoms in total. The molecule has 0 aliphatic rings. The second-order valence-corrected chi connectivity index (χ2v) is 3.28. The number of ether oxygens (including phenoxy) is 2. The molecule has 0 bridgehead atoms. The van der Waals surface area contributed by atoms with E-state index in [4.69, 9.17) is 14.6 Å². The Balaban J connectivity index is 3.19. The Bertz CT molecular complexity index is 522. The van der Waals surface area contributed by atoms with Crippen LogP contribution in [0.5, 0.6) is 11.5 Å². The van der Waals surface area contributed by atoms with Gasteiger partial charge in [0.15, 0.2) is 17.8 Å². The third kappa shape index (κ3) is 3.25. The van der Waals surface area contributed by atoms with E-state index in [-0.39, 0.29) is 6.42 Å². The smallest absolute Gasteiger partial charge is 0.315 e. The summed E-state index contributed by atoms with van der Waals surface area (Å²) in [6.45, 7) is 0. The molecule has 1 aromatic carbocycles. The normalized spacial score (nSPS) is 9.00. The molecule has 0 atom stereocenters. The lowest BCUT2D eigenvalue weighted by atomic mass is 10.1. The molecule has 0 spiro atoms. The summed E-state index contributed by atoms with van der Waals surface area (Å²) in [5, 5.41) is 8.48. The number of carboxylic acid groups (broad SMARTS) is 1. The molecule has 0 aliphatic carbocycles. The number of hydrogen-bond donors (Lipinski definition) is 1. The monoisotopic (exact) mass is 248 g/mol. The maximum absolute atomic E-state index is 10.9. The van der Waals surface area contributed by atoms with E-state index in [2.05, 4.69) is 11.8 Å². The van der Waals surface area contributed by atoms with Gasteiger partial charge in [0.05, 0.1) is 14.2 Å². The maximum Gasteiger partial charge on any atom is 0.315 e. The highest BCUT2D eigenvalue weighted by molar-refractivity contribution is 5.81. The van der Waals surface area contributed by atoms with Gasteiger partial charge in [0.25, 0.3) is 0 Å². The molecule has 0 heterocycles. The molecule has 0 aromatic heterocycles. The van der Waals surface area contributed by atoms with Gasteiger partial charge in [-0.05, 0) is 6.07 Å². The topological polar surface area (TPSA) is 72.8 Å². The molecule has 5 heteroatoms. The van der Waals surface area contributed by atoms with Crippen molar-refractivity contribution in [1.82, 2.24) is 0 Å². The highest BCUT2D eigenvalue weighted by Gasteiger charge is 2.09. The summed E-state index contributed by atoms with van der Waals surface area (Å²) in [5.41, 5.74) is 0.731. The van der Waals surface area contributed by atoms with E-state index in [9.17, 15) is 9.59 Å². The SMILES string of the molecule is COc1cc(C#CCC(=O)O)c(C=O)cc1OC. The van der Waals surface area contributed by atoms with Gasteiger partial charge in [-0.3, -0.25) is 9.59 Å². The van der Waals surface area contributed by atoms with Crippen LogP contribution in [-0.2, 0) is 4.79 Å². The zero-order valence-electron chi connectivity index (χ0n) is 10.0. The summed E-state index contributed by atoms with van der Waals surface area (Å²) in [4.78, 5) is 21.3. The fraction of sp³-hybridized carbons (Fsp3) is 0.231. The molecule has 0 saturated heterocycles. The van der Waals surface area contributed by atoms with Crippen LogP contribution in [0.3, 0.4) is 0 Å². The highest BCUT2D eigenvalue weighted by Crippen LogP contribution is 2.29. The summed E-state index contributed by atoms with van der Waals surface area (Å²) >= 11 is 0. The van der Waals surface area contributed by atoms with Crippen molar-refractivity contribution in [3.05, 3.63) is 23.3 Å². The quantitative estimate of drug-likeness (QED) is 0.643. The zero-order chi connectivity index (χ0) is 13.5. The fourth-order valence-electron chi connectivity index (χ4n) is 1.32. The summed E-state index contributed by atoms with van der Waals surface area (Å²) in [7, 11) is 2.93. The van der Waals surface area contributed by atoms with Crippen LogP contribution in [-0.4, -0.2) is 31.6 Å². The first-order valence-corrected chi connectivity index (χ1v) is 5.04. The Morgan fingerprint density at radius 3 is 2.44 bits per heavy atom. The van der Waals surface area contributed by atoms with Crippen LogP contribution in [0.25, 0.3) is 0 Å². The van der Waals surface area contributed by atoms with Crippen LogP contribution in [0.1, 0.15) is 22.3 Å². The Morgan fingerprint density at radius 1 is 1.33 bits per heavy atom. The van der Waals surface area contributed by atoms with Crippen molar-refractivity contribution in [3.63, 3.8) is 0 Å². The van der Waals surface area contributed by atoms with Crippen molar-refractivity contribution in [1.29, 1.82) is 0 Å². The molecule has 18 heavy (non-hydrogen) atoms. The third-order valence-electron chi connectivity index (χ3n) is 2.15. The predicted molar refractivity (Wildman–Crippen MR) is 64.1 cm³/mol. The van der Waals surface area contributed by atoms with E-state index >= 15 is 0 Å². The first-order valence-electron chi connectivity index (χ1n) is 5.04. The van der Waals surface area contributed by atoms with Gasteiger partial charge >= 0.3 is 5.97 Å². The van der Waals surface area contributed by atoms with E-state index in [0.29, 0.717) is 28.9 Å². The molecule has 0 radical (unpaired) electrons. The lowest BCUT2D eigenvalue weighted by Crippen LogP contribution is -1.96. The predicted octanol–water partition coefficient (Wildman–Crippen LogP) is 1.34. The lowest BCUT2D eigenvalue weighted by molar-refractivity contribution is -0.135. The number of methoxy groups -OCH3 is 2. The van der Waals surface area contributed by atoms with Gasteiger partial charge < -0.3 is 14.6 Å². The average molecular weight is 248 g/mol. The maximum atomic E-state index is 10.9. The van der Waals surface area contributed by atoms with E-state index in [1.165, 1.54) is 26.4 Å². The van der Waals surface area contributed by atoms with Crippen molar-refractivity contribution in [2.45, 2.75) is 6.42 Å². The Hall–Kier alpha value is -2.48. The van der Waals surface area contributed by atoms with E-state index in [1.54, 1.807) is 0 Å². The second-order valence-electron chi connectivity index (χ2n) is 3.28. The summed E-state index contributed by atoms with van der Waals surface area (Å²) in [5.74, 6) is 4.92. The summed E-state index contributed by atoms with van der Waals surface area (Å²) in [6.07, 6.45) is 0.347. The molecule has 1 aromatic rings. The van der Waals surface area contributed by atoms with Crippen LogP contribution in [0.4, 0.5) is 0 Å². The van der Waals surface area contributed by atoms with Crippen molar-refractivity contribution in [2.75, 3.05) is 14.2 Å². The molecule has 0 aliphatic heterocycles. The number of aldehydes is 1. The molecule has 1 rings (SSSR count). The zero-order valence-corrected chi connectivity index (χ0v) is 10.0. The Morgan fingerprint density at radius 2 is 1.94 bits per heavy atom. The minimum absolute atomic E-state index is 0.285. The van der Waals surface area contributed by atoms with E-state index in [0.717, 1.165) is 0 Å². The minimum atomic E-state index is -1.02. The van der Waals surface area contributed by atoms with Crippen LogP contribution in [0, 0.1) is 11.8 Å². The Labute approximate surface area is 104 Å². The van der Waals surface area contributed by atoms with Gasteiger partial charge in [-0.2, -0.15) is 0 Å². The van der Waals surface area contributed by atoms with Crippen LogP contribution in [0.2, 0.25) is 0 Å². The number of rotatable bonds is 4. The van der Waals surface area contributed by atoms with Crippen LogP contribution in [0.15, 0.2) is 12.1 Å². The minimum Gasteiger partial charge on any atom is -0.493 e. The average Bonchev–Trinajstić information content (AvgIpc) is 2.37. The number of carbonyl (C=O) groups excluding carboxylic acids is 1. The number of aliphatic carboxylic acids is 1. The number of benzene rings is 1. The first kappa shape index (κ1) is 13.6. The van der Waals surface area contributed by atoms with Crippen LogP contribution >= 0.6 is 0 Å². The third-order valence-corrected chi connectivity index (χ3v) is 2.15. The number of carboxylic acids is 1. The second kappa shape index (κ2) is 6.30. The van der Waals surface area contributed by atoms with Crippen molar-refractivity contribution in [3.8, 4) is 23.3 Å². The number of carbonyl (C=O) groups is 2. The summed E-state index contributed by atoms with van der Waals surface area (Å²) in [6, 6.07) is 3.04. The van der Waals surface area contributed by atoms with Crippen molar-refractivity contribution in [2.24, 2.45) is 0 Å². The van der Waals surface area contributed by atoms with Gasteiger partial charge in [0, 0.05) is 17.2 Å². The highest BCUT2D eigenvalue weighted by atomic mass is 16.5. The molecule has 94 valence electrons. The van der Waals surface area contributed by atoms with Gasteiger partial charge in [-0.25, -0.2) is 0 Å². The van der Waals surface area contributed by atoms with Gasteiger partial charge in [0.2, 0.25) is 0 Å². The van der Waals surface area contributed by atoms with Crippen molar-refractivity contribution < 1.29 is 24.2 Å². The lowest BCUT2D eigenvalue weighted by Gasteiger charge is -2.09. The molecule has 1 N–H and O–H groups in total. The molecule has 0 amide bonds. The van der Waals surface area contributed by atoms with Crippen molar-refractivity contribution >= 4 is 12.3 Å². The molecule has 0 saturated carbocycles. The molecular weight excluding hydrogens is 236 g/mol. The molecule has 0 fully saturated rings. The molecule has 0 unspecified atom stereocenters. The Kier molecular flexibility index (Phi) is 4.76. The summed E-state index contributed by atoms with van der Waals surface area (Å²) < 4.78 is 10.1. The van der Waals surface area contributed by atoms with Crippen LogP contribution < -0.4 is 9.47 Å². The van der Waals surface area contributed by atoms with E-state index < -0.39 is 5.97 Å². The van der Waals surface area contributed by atoms with Gasteiger partial charge in [-0.1, -0.05) is 11.8 Å². The standard InChI is InChI=1S/C13H12O5/c1-17-11-6-9(4-3-5-13(15)16)10(8-14)7-12(11)18-2/h6-8H,5H2,1-2H3,(H,15,16). The van der Waals surface area contributed by atoms with Gasteiger partial charge in [-0.15, -0.1) is 0 Å². The largest absolute Gasteiger partial charge is 0.493 e.